The molecule has 2 heterocycles. The lowest BCUT2D eigenvalue weighted by Gasteiger charge is -2.22. The van der Waals surface area contributed by atoms with Gasteiger partial charge in [-0.25, -0.2) is 4.79 Å². The van der Waals surface area contributed by atoms with E-state index in [4.69, 9.17) is 26.8 Å². The first kappa shape index (κ1) is 19.7. The van der Waals surface area contributed by atoms with Gasteiger partial charge >= 0.3 is 5.97 Å². The molecule has 0 saturated carbocycles. The summed E-state index contributed by atoms with van der Waals surface area (Å²) in [4.78, 5) is 23.8. The fraction of sp³-hybridized carbons (Fsp3) is 0.353. The van der Waals surface area contributed by atoms with Crippen molar-refractivity contribution in [2.75, 3.05) is 25.6 Å². The fourth-order valence-corrected chi connectivity index (χ4v) is 3.45. The smallest absolute Gasteiger partial charge is 0.339 e. The van der Waals surface area contributed by atoms with E-state index in [1.54, 1.807) is 23.0 Å². The number of hydrogen-bond acceptors (Lipinski definition) is 6. The molecule has 3 N–H and O–H groups in total. The molecule has 8 nitrogen and oxygen atoms in total. The Morgan fingerprint density at radius 2 is 2.22 bits per heavy atom. The minimum atomic E-state index is -0.614. The van der Waals surface area contributed by atoms with Crippen molar-refractivity contribution in [3.63, 3.8) is 0 Å². The number of carbonyl (C=O) groups is 2. The van der Waals surface area contributed by atoms with Crippen molar-refractivity contribution in [3.8, 4) is 0 Å². The van der Waals surface area contributed by atoms with Crippen molar-refractivity contribution in [3.05, 3.63) is 39.0 Å². The molecule has 1 saturated heterocycles. The molecule has 1 aromatic heterocycles. The zero-order valence-corrected chi connectivity index (χ0v) is 16.8. The van der Waals surface area contributed by atoms with Crippen molar-refractivity contribution < 1.29 is 19.1 Å². The SMILES string of the molecule is COC(=O)c1cc(Nc2nn(C3CCCOC3)cc2C(N)=O)cc(Cl)c1Br. The van der Waals surface area contributed by atoms with Gasteiger partial charge in [-0.15, -0.1) is 0 Å². The summed E-state index contributed by atoms with van der Waals surface area (Å²) in [5.41, 5.74) is 6.44. The van der Waals surface area contributed by atoms with Crippen LogP contribution in [-0.4, -0.2) is 42.0 Å². The lowest BCUT2D eigenvalue weighted by molar-refractivity contribution is 0.0550. The molecule has 1 aromatic carbocycles. The van der Waals surface area contributed by atoms with Gasteiger partial charge in [-0.05, 0) is 40.9 Å². The number of nitrogens with one attached hydrogen (secondary N) is 1. The highest BCUT2D eigenvalue weighted by molar-refractivity contribution is 9.10. The van der Waals surface area contributed by atoms with Crippen molar-refractivity contribution in [2.45, 2.75) is 18.9 Å². The van der Waals surface area contributed by atoms with E-state index in [2.05, 4.69) is 26.3 Å². The van der Waals surface area contributed by atoms with Crippen molar-refractivity contribution in [1.82, 2.24) is 9.78 Å². The van der Waals surface area contributed by atoms with Gasteiger partial charge in [0.15, 0.2) is 5.82 Å². The van der Waals surface area contributed by atoms with Gasteiger partial charge in [0.25, 0.3) is 5.91 Å². The van der Waals surface area contributed by atoms with Gasteiger partial charge < -0.3 is 20.5 Å². The molecule has 1 aliphatic rings. The summed E-state index contributed by atoms with van der Waals surface area (Å²) in [5.74, 6) is -0.883. The van der Waals surface area contributed by atoms with Gasteiger partial charge in [-0.3, -0.25) is 9.48 Å². The van der Waals surface area contributed by atoms with Gasteiger partial charge in [0.2, 0.25) is 0 Å². The van der Waals surface area contributed by atoms with Crippen LogP contribution in [0.25, 0.3) is 0 Å². The number of nitrogens with zero attached hydrogens (tertiary/aromatic N) is 2. The average Bonchev–Trinajstić information content (AvgIpc) is 3.08. The zero-order chi connectivity index (χ0) is 19.6. The molecule has 10 heteroatoms. The van der Waals surface area contributed by atoms with E-state index in [-0.39, 0.29) is 23.0 Å². The minimum Gasteiger partial charge on any atom is -0.465 e. The maximum atomic E-state index is 11.9. The molecule has 144 valence electrons. The van der Waals surface area contributed by atoms with Gasteiger partial charge in [-0.1, -0.05) is 11.6 Å². The number of aromatic nitrogens is 2. The average molecular weight is 458 g/mol. The molecule has 2 aromatic rings. The van der Waals surface area contributed by atoms with Crippen LogP contribution in [-0.2, 0) is 9.47 Å². The normalized spacial score (nSPS) is 16.8. The number of esters is 1. The Hall–Kier alpha value is -2.10. The van der Waals surface area contributed by atoms with Crippen molar-refractivity contribution in [2.24, 2.45) is 5.73 Å². The molecule has 0 aliphatic carbocycles. The lowest BCUT2D eigenvalue weighted by Crippen LogP contribution is -2.21. The summed E-state index contributed by atoms with van der Waals surface area (Å²) in [6.07, 6.45) is 3.42. The second kappa shape index (κ2) is 8.28. The Bertz CT molecular complexity index is 880. The minimum absolute atomic E-state index is 0.0338. The summed E-state index contributed by atoms with van der Waals surface area (Å²) >= 11 is 9.45. The Morgan fingerprint density at radius 3 is 2.85 bits per heavy atom. The second-order valence-corrected chi connectivity index (χ2v) is 7.24. The third kappa shape index (κ3) is 4.26. The predicted molar refractivity (Wildman–Crippen MR) is 104 cm³/mol. The topological polar surface area (TPSA) is 108 Å². The molecule has 1 atom stereocenters. The highest BCUT2D eigenvalue weighted by atomic mass is 79.9. The number of nitrogens with two attached hydrogens (primary N) is 1. The van der Waals surface area contributed by atoms with Gasteiger partial charge in [0, 0.05) is 18.5 Å². The number of amides is 1. The number of carbonyl (C=O) groups excluding carboxylic acids is 2. The number of methoxy groups -OCH3 is 1. The largest absolute Gasteiger partial charge is 0.465 e. The van der Waals surface area contributed by atoms with Gasteiger partial charge in [-0.2, -0.15) is 5.10 Å². The predicted octanol–water partition coefficient (Wildman–Crippen LogP) is 3.28. The summed E-state index contributed by atoms with van der Waals surface area (Å²) in [6.45, 7) is 1.25. The lowest BCUT2D eigenvalue weighted by atomic mass is 10.1. The Kier molecular flexibility index (Phi) is 6.03. The highest BCUT2D eigenvalue weighted by Crippen LogP contribution is 2.33. The van der Waals surface area contributed by atoms with E-state index in [1.807, 2.05) is 0 Å². The molecule has 1 unspecified atom stereocenters. The second-order valence-electron chi connectivity index (χ2n) is 6.04. The van der Waals surface area contributed by atoms with Crippen LogP contribution >= 0.6 is 27.5 Å². The van der Waals surface area contributed by atoms with Crippen molar-refractivity contribution >= 4 is 50.9 Å². The van der Waals surface area contributed by atoms with Crippen LogP contribution in [0.3, 0.4) is 0 Å². The number of halogens is 2. The van der Waals surface area contributed by atoms with Crippen molar-refractivity contribution in [1.29, 1.82) is 0 Å². The molecular weight excluding hydrogens is 440 g/mol. The number of anilines is 2. The third-order valence-corrected chi connectivity index (χ3v) is 5.58. The van der Waals surface area contributed by atoms with Crippen LogP contribution in [0.2, 0.25) is 5.02 Å². The Labute approximate surface area is 169 Å². The third-order valence-electron chi connectivity index (χ3n) is 4.20. The van der Waals surface area contributed by atoms with Crippen LogP contribution in [0, 0.1) is 0 Å². The van der Waals surface area contributed by atoms with Crippen LogP contribution in [0.4, 0.5) is 11.5 Å². The standard InChI is InChI=1S/C17H18BrClN4O4/c1-26-17(25)11-5-9(6-13(19)14(11)18)21-16-12(15(20)24)7-23(22-16)10-3-2-4-27-8-10/h5-7,10H,2-4,8H2,1H3,(H2,20,24)(H,21,22). The Balaban J connectivity index is 1.95. The van der Waals surface area contributed by atoms with E-state index >= 15 is 0 Å². The number of hydrogen-bond donors (Lipinski definition) is 2. The molecule has 1 aliphatic heterocycles. The molecule has 0 spiro atoms. The molecule has 1 fully saturated rings. The van der Waals surface area contributed by atoms with E-state index in [0.717, 1.165) is 19.4 Å². The first-order valence-corrected chi connectivity index (χ1v) is 9.39. The maximum Gasteiger partial charge on any atom is 0.339 e. The summed E-state index contributed by atoms with van der Waals surface area (Å²) in [7, 11) is 1.28. The van der Waals surface area contributed by atoms with Crippen LogP contribution < -0.4 is 11.1 Å². The van der Waals surface area contributed by atoms with Crippen LogP contribution in [0.15, 0.2) is 22.8 Å². The molecular formula is C17H18BrClN4O4. The summed E-state index contributed by atoms with van der Waals surface area (Å²) in [5, 5.41) is 7.77. The molecule has 3 rings (SSSR count). The van der Waals surface area contributed by atoms with E-state index in [0.29, 0.717) is 21.8 Å². The molecule has 0 radical (unpaired) electrons. The quantitative estimate of drug-likeness (QED) is 0.667. The number of ether oxygens (including phenoxy) is 2. The van der Waals surface area contributed by atoms with E-state index in [9.17, 15) is 9.59 Å². The van der Waals surface area contributed by atoms with Gasteiger partial charge in [0.05, 0.1) is 34.8 Å². The van der Waals surface area contributed by atoms with E-state index in [1.165, 1.54) is 7.11 Å². The summed E-state index contributed by atoms with van der Waals surface area (Å²) < 4.78 is 12.3. The number of primary amides is 1. The first-order chi connectivity index (χ1) is 12.9. The molecule has 27 heavy (non-hydrogen) atoms. The number of benzene rings is 1. The highest BCUT2D eigenvalue weighted by Gasteiger charge is 2.22. The first-order valence-electron chi connectivity index (χ1n) is 8.21. The zero-order valence-electron chi connectivity index (χ0n) is 14.5. The van der Waals surface area contributed by atoms with Gasteiger partial charge in [0.1, 0.15) is 5.56 Å². The fourth-order valence-electron chi connectivity index (χ4n) is 2.84. The van der Waals surface area contributed by atoms with Crippen LogP contribution in [0.1, 0.15) is 39.6 Å². The molecule has 1 amide bonds. The summed E-state index contributed by atoms with van der Waals surface area (Å²) in [6, 6.07) is 3.19. The van der Waals surface area contributed by atoms with Crippen LogP contribution in [0.5, 0.6) is 0 Å². The van der Waals surface area contributed by atoms with E-state index < -0.39 is 11.9 Å². The Morgan fingerprint density at radius 1 is 1.44 bits per heavy atom. The maximum absolute atomic E-state index is 11.9. The monoisotopic (exact) mass is 456 g/mol. The molecule has 0 bridgehead atoms. The number of rotatable bonds is 5.